The number of nitrogens with one attached hydrogen (secondary N) is 1. The summed E-state index contributed by atoms with van der Waals surface area (Å²) in [4.78, 5) is 12.9. The van der Waals surface area contributed by atoms with Crippen molar-refractivity contribution in [3.63, 3.8) is 0 Å². The summed E-state index contributed by atoms with van der Waals surface area (Å²) in [5.41, 5.74) is 6.98. The molecule has 0 fully saturated rings. The zero-order valence-corrected chi connectivity index (χ0v) is 19.8. The summed E-state index contributed by atoms with van der Waals surface area (Å²) in [6.45, 7) is 10.7. The molecule has 1 aromatic carbocycles. The van der Waals surface area contributed by atoms with Crippen LogP contribution in [0.5, 0.6) is 5.75 Å². The van der Waals surface area contributed by atoms with Gasteiger partial charge in [-0.2, -0.15) is 9.41 Å². The molecule has 0 atom stereocenters. The number of unbranched alkanes of at least 4 members (excludes halogenated alkanes) is 1. The van der Waals surface area contributed by atoms with Crippen LogP contribution in [0, 0.1) is 0 Å². The van der Waals surface area contributed by atoms with Crippen molar-refractivity contribution in [2.75, 3.05) is 26.2 Å². The van der Waals surface area contributed by atoms with Gasteiger partial charge in [0.05, 0.1) is 17.1 Å². The van der Waals surface area contributed by atoms with E-state index in [9.17, 15) is 13.2 Å². The third kappa shape index (κ3) is 5.37. The van der Waals surface area contributed by atoms with Gasteiger partial charge in [-0.3, -0.25) is 9.80 Å². The van der Waals surface area contributed by atoms with E-state index < -0.39 is 10.0 Å². The number of carbonyl (C=O) groups excluding carboxylic acids is 1. The molecule has 1 heterocycles. The van der Waals surface area contributed by atoms with Gasteiger partial charge in [0.25, 0.3) is 5.91 Å². The zero-order chi connectivity index (χ0) is 23.2. The Hall–Kier alpha value is -2.59. The topological polar surface area (TPSA) is 117 Å². The Morgan fingerprint density at radius 1 is 1.23 bits per heavy atom. The highest BCUT2D eigenvalue weighted by Crippen LogP contribution is 2.27. The quantitative estimate of drug-likeness (QED) is 0.527. The lowest BCUT2D eigenvalue weighted by molar-refractivity contribution is -0.118. The van der Waals surface area contributed by atoms with E-state index in [2.05, 4.69) is 10.4 Å². The first kappa shape index (κ1) is 24.7. The number of ether oxygens (including phenoxy) is 1. The smallest absolute Gasteiger partial charge is 0.276 e. The van der Waals surface area contributed by atoms with Gasteiger partial charge < -0.3 is 15.8 Å². The van der Waals surface area contributed by atoms with Gasteiger partial charge in [-0.05, 0) is 38.5 Å². The predicted molar refractivity (Wildman–Crippen MR) is 121 cm³/mol. The van der Waals surface area contributed by atoms with Crippen LogP contribution in [0.3, 0.4) is 0 Å². The molecule has 31 heavy (non-hydrogen) atoms. The maximum absolute atomic E-state index is 13.0. The van der Waals surface area contributed by atoms with Crippen LogP contribution in [0.1, 0.15) is 53.0 Å². The number of carbonyl (C=O) groups is 1. The molecule has 10 heteroatoms. The molecule has 0 aliphatic carbocycles. The van der Waals surface area contributed by atoms with E-state index in [-0.39, 0.29) is 16.6 Å². The van der Waals surface area contributed by atoms with Crippen LogP contribution < -0.4 is 15.8 Å². The van der Waals surface area contributed by atoms with E-state index >= 15 is 0 Å². The third-order valence-electron chi connectivity index (χ3n) is 4.87. The van der Waals surface area contributed by atoms with E-state index in [1.165, 1.54) is 16.4 Å². The van der Waals surface area contributed by atoms with Crippen LogP contribution in [-0.2, 0) is 14.8 Å². The molecule has 0 radical (unpaired) electrons. The van der Waals surface area contributed by atoms with Gasteiger partial charge in [-0.15, -0.1) is 0 Å². The van der Waals surface area contributed by atoms with Gasteiger partial charge in [0.1, 0.15) is 11.4 Å². The van der Waals surface area contributed by atoms with Gasteiger partial charge in [0.2, 0.25) is 10.0 Å². The summed E-state index contributed by atoms with van der Waals surface area (Å²) in [7, 11) is -3.69. The molecule has 0 spiro atoms. The lowest BCUT2D eigenvalue weighted by Crippen LogP contribution is -2.45. The van der Waals surface area contributed by atoms with Crippen molar-refractivity contribution in [2.45, 2.75) is 52.4 Å². The van der Waals surface area contributed by atoms with Crippen molar-refractivity contribution >= 4 is 21.8 Å². The third-order valence-corrected chi connectivity index (χ3v) is 6.92. The summed E-state index contributed by atoms with van der Waals surface area (Å²) in [6, 6.07) is 4.61. The molecule has 0 unspecified atom stereocenters. The highest BCUT2D eigenvalue weighted by molar-refractivity contribution is 7.89. The number of benzene rings is 1. The molecular formula is C21H33N5O4S. The summed E-state index contributed by atoms with van der Waals surface area (Å²) in [5, 5.41) is 8.91. The van der Waals surface area contributed by atoms with Crippen LogP contribution >= 0.6 is 0 Å². The lowest BCUT2D eigenvalue weighted by atomic mass is 10.1. The van der Waals surface area contributed by atoms with Crippen LogP contribution in [0.4, 0.5) is 0 Å². The number of amides is 1. The Kier molecular flexibility index (Phi) is 8.46. The molecule has 1 aliphatic heterocycles. The first-order valence-electron chi connectivity index (χ1n) is 10.6. The monoisotopic (exact) mass is 451 g/mol. The van der Waals surface area contributed by atoms with Crippen molar-refractivity contribution in [1.82, 2.24) is 14.6 Å². The van der Waals surface area contributed by atoms with E-state index in [1.54, 1.807) is 31.8 Å². The molecule has 0 saturated carbocycles. The standard InChI is InChI=1S/C21H33N5O4S/c1-6-10-13-26-19(15(5)22)21(27)23-20(24-26)17-14-16(11-12-18(17)30-9-4)31(28,29)25(7-2)8-3/h11-12,14H,6-10,13,22H2,1-5H3,(H,23,24,27)/b19-15-. The Morgan fingerprint density at radius 2 is 1.90 bits per heavy atom. The second-order valence-corrected chi connectivity index (χ2v) is 9.03. The van der Waals surface area contributed by atoms with Gasteiger partial charge in [0, 0.05) is 25.3 Å². The minimum absolute atomic E-state index is 0.114. The maximum Gasteiger partial charge on any atom is 0.276 e. The van der Waals surface area contributed by atoms with E-state index in [0.29, 0.717) is 48.9 Å². The minimum atomic E-state index is -3.69. The molecule has 1 aliphatic rings. The van der Waals surface area contributed by atoms with Crippen LogP contribution in [0.2, 0.25) is 0 Å². The Balaban J connectivity index is 2.64. The normalized spacial score (nSPS) is 16.3. The first-order valence-corrected chi connectivity index (χ1v) is 12.1. The number of nitrogens with zero attached hydrogens (tertiary/aromatic N) is 3. The second-order valence-electron chi connectivity index (χ2n) is 7.09. The highest BCUT2D eigenvalue weighted by atomic mass is 32.2. The average Bonchev–Trinajstić information content (AvgIpc) is 2.72. The number of hydrazone groups is 1. The average molecular weight is 452 g/mol. The number of hydrogen-bond acceptors (Lipinski definition) is 7. The van der Waals surface area contributed by atoms with Crippen molar-refractivity contribution in [1.29, 1.82) is 0 Å². The number of allylic oxidation sites excluding steroid dienone is 1. The minimum Gasteiger partial charge on any atom is -0.493 e. The van der Waals surface area contributed by atoms with Crippen molar-refractivity contribution in [2.24, 2.45) is 10.8 Å². The zero-order valence-electron chi connectivity index (χ0n) is 18.9. The number of hydrogen-bond donors (Lipinski definition) is 2. The molecule has 9 nitrogen and oxygen atoms in total. The predicted octanol–water partition coefficient (Wildman–Crippen LogP) is 2.20. The maximum atomic E-state index is 13.0. The molecular weight excluding hydrogens is 418 g/mol. The van der Waals surface area contributed by atoms with Crippen LogP contribution in [-0.4, -0.2) is 55.7 Å². The second kappa shape index (κ2) is 10.6. The molecule has 0 aromatic heterocycles. The van der Waals surface area contributed by atoms with Gasteiger partial charge in [-0.1, -0.05) is 27.2 Å². The van der Waals surface area contributed by atoms with Crippen molar-refractivity contribution in [3.8, 4) is 5.75 Å². The van der Waals surface area contributed by atoms with Gasteiger partial charge in [-0.25, -0.2) is 8.42 Å². The van der Waals surface area contributed by atoms with E-state index in [0.717, 1.165) is 12.8 Å². The van der Waals surface area contributed by atoms with Crippen LogP contribution in [0.25, 0.3) is 0 Å². The molecule has 1 amide bonds. The Labute approximate surface area is 185 Å². The molecule has 172 valence electrons. The van der Waals surface area contributed by atoms with Gasteiger partial charge >= 0.3 is 0 Å². The largest absolute Gasteiger partial charge is 0.493 e. The fourth-order valence-electron chi connectivity index (χ4n) is 3.30. The summed E-state index contributed by atoms with van der Waals surface area (Å²) >= 11 is 0. The molecule has 3 N–H and O–H groups in total. The first-order chi connectivity index (χ1) is 14.7. The Bertz CT molecular complexity index is 964. The van der Waals surface area contributed by atoms with Crippen LogP contribution in [0.15, 0.2) is 39.6 Å². The molecule has 2 rings (SSSR count). The Morgan fingerprint density at radius 3 is 2.45 bits per heavy atom. The molecule has 1 aromatic rings. The molecule has 0 bridgehead atoms. The van der Waals surface area contributed by atoms with E-state index in [4.69, 9.17) is 10.5 Å². The highest BCUT2D eigenvalue weighted by Gasteiger charge is 2.30. The number of sulfonamides is 1. The summed E-state index contributed by atoms with van der Waals surface area (Å²) in [5.74, 6) is 0.277. The summed E-state index contributed by atoms with van der Waals surface area (Å²) < 4.78 is 33.1. The van der Waals surface area contributed by atoms with E-state index in [1.807, 2.05) is 13.8 Å². The SMILES string of the molecule is CCCCN1N=C(c2cc(S(=O)(=O)N(CC)CC)ccc2OCC)NC(=O)/C1=C(\C)N. The fourth-order valence-corrected chi connectivity index (χ4v) is 4.79. The number of nitrogens with two attached hydrogens (primary N) is 1. The summed E-state index contributed by atoms with van der Waals surface area (Å²) in [6.07, 6.45) is 1.73. The number of rotatable bonds is 10. The number of amidine groups is 1. The lowest BCUT2D eigenvalue weighted by Gasteiger charge is -2.29. The van der Waals surface area contributed by atoms with Crippen molar-refractivity contribution < 1.29 is 17.9 Å². The van der Waals surface area contributed by atoms with Gasteiger partial charge in [0.15, 0.2) is 5.84 Å². The van der Waals surface area contributed by atoms with Crippen molar-refractivity contribution in [3.05, 3.63) is 35.2 Å². The molecule has 0 saturated heterocycles. The fraction of sp³-hybridized carbons (Fsp3) is 0.524.